The lowest BCUT2D eigenvalue weighted by atomic mass is 10.1. The first-order valence-corrected chi connectivity index (χ1v) is 7.52. The van der Waals surface area contributed by atoms with Gasteiger partial charge >= 0.3 is 0 Å². The quantitative estimate of drug-likeness (QED) is 0.870. The summed E-state index contributed by atoms with van der Waals surface area (Å²) in [4.78, 5) is 4.68. The molecule has 1 aromatic heterocycles. The van der Waals surface area contributed by atoms with E-state index in [0.717, 1.165) is 52.8 Å². The maximum absolute atomic E-state index is 5.64. The lowest BCUT2D eigenvalue weighted by molar-refractivity contribution is 0.171. The van der Waals surface area contributed by atoms with Crippen molar-refractivity contribution in [3.63, 3.8) is 0 Å². The summed E-state index contributed by atoms with van der Waals surface area (Å²) in [5.41, 5.74) is 1.97. The standard InChI is InChI=1S/C14H14BrN3O2/c15-13-12(17-14-16-4-1-5-18(13)14)9-2-3-10-11(8-9)20-7-6-19-10/h2-3,8H,1,4-7H2,(H,16,17). The van der Waals surface area contributed by atoms with Crippen molar-refractivity contribution in [3.8, 4) is 22.8 Å². The Balaban J connectivity index is 1.79. The molecular formula is C14H14BrN3O2. The number of halogens is 1. The number of anilines is 1. The van der Waals surface area contributed by atoms with Crippen LogP contribution >= 0.6 is 15.9 Å². The zero-order valence-electron chi connectivity index (χ0n) is 10.9. The maximum Gasteiger partial charge on any atom is 0.204 e. The molecule has 2 aliphatic rings. The molecule has 4 rings (SSSR count). The van der Waals surface area contributed by atoms with Gasteiger partial charge in [0, 0.05) is 18.7 Å². The zero-order valence-corrected chi connectivity index (χ0v) is 12.4. The van der Waals surface area contributed by atoms with Gasteiger partial charge in [-0.1, -0.05) is 0 Å². The average Bonchev–Trinajstić information content (AvgIpc) is 2.84. The first-order chi connectivity index (χ1) is 9.83. The largest absolute Gasteiger partial charge is 0.486 e. The molecule has 0 bridgehead atoms. The second-order valence-corrected chi connectivity index (χ2v) is 5.62. The van der Waals surface area contributed by atoms with Crippen LogP contribution in [-0.4, -0.2) is 29.3 Å². The lowest BCUT2D eigenvalue weighted by Gasteiger charge is -2.18. The number of nitrogens with zero attached hydrogens (tertiary/aromatic N) is 2. The number of fused-ring (bicyclic) bond motifs is 2. The molecule has 2 aliphatic heterocycles. The normalized spacial score (nSPS) is 16.4. The number of hydrogen-bond donors (Lipinski definition) is 1. The summed E-state index contributed by atoms with van der Waals surface area (Å²) in [5, 5.41) is 3.32. The summed E-state index contributed by atoms with van der Waals surface area (Å²) >= 11 is 3.66. The molecule has 1 N–H and O–H groups in total. The first-order valence-electron chi connectivity index (χ1n) is 6.73. The Morgan fingerprint density at radius 2 is 2.05 bits per heavy atom. The van der Waals surface area contributed by atoms with Gasteiger partial charge in [-0.3, -0.25) is 0 Å². The van der Waals surface area contributed by atoms with E-state index in [0.29, 0.717) is 13.2 Å². The molecule has 6 heteroatoms. The van der Waals surface area contributed by atoms with Gasteiger partial charge < -0.3 is 19.4 Å². The van der Waals surface area contributed by atoms with E-state index in [1.54, 1.807) is 0 Å². The Kier molecular flexibility index (Phi) is 2.84. The number of rotatable bonds is 1. The van der Waals surface area contributed by atoms with Crippen LogP contribution in [0.5, 0.6) is 11.5 Å². The van der Waals surface area contributed by atoms with Crippen LogP contribution in [0.4, 0.5) is 5.95 Å². The van der Waals surface area contributed by atoms with Gasteiger partial charge in [0.1, 0.15) is 23.5 Å². The number of imidazole rings is 1. The van der Waals surface area contributed by atoms with Crippen molar-refractivity contribution < 1.29 is 9.47 Å². The summed E-state index contributed by atoms with van der Waals surface area (Å²) in [6, 6.07) is 5.96. The number of hydrogen-bond acceptors (Lipinski definition) is 4. The Hall–Kier alpha value is -1.69. The van der Waals surface area contributed by atoms with E-state index in [1.165, 1.54) is 0 Å². The van der Waals surface area contributed by atoms with Gasteiger partial charge in [0.25, 0.3) is 0 Å². The van der Waals surface area contributed by atoms with Gasteiger partial charge in [-0.15, -0.1) is 0 Å². The van der Waals surface area contributed by atoms with E-state index in [9.17, 15) is 0 Å². The summed E-state index contributed by atoms with van der Waals surface area (Å²) in [6.07, 6.45) is 1.11. The van der Waals surface area contributed by atoms with Crippen LogP contribution < -0.4 is 14.8 Å². The van der Waals surface area contributed by atoms with Crippen LogP contribution in [0.1, 0.15) is 6.42 Å². The predicted molar refractivity (Wildman–Crippen MR) is 79.5 cm³/mol. The molecule has 0 amide bonds. The van der Waals surface area contributed by atoms with Crippen LogP contribution in [0.15, 0.2) is 22.8 Å². The molecular weight excluding hydrogens is 322 g/mol. The molecule has 0 saturated carbocycles. The second kappa shape index (κ2) is 4.70. The highest BCUT2D eigenvalue weighted by Gasteiger charge is 2.20. The van der Waals surface area contributed by atoms with Crippen molar-refractivity contribution in [3.05, 3.63) is 22.8 Å². The lowest BCUT2D eigenvalue weighted by Crippen LogP contribution is -2.17. The van der Waals surface area contributed by atoms with Gasteiger partial charge in [-0.05, 0) is 40.5 Å². The Bertz CT molecular complexity index is 669. The minimum absolute atomic E-state index is 0.596. The third-order valence-corrected chi connectivity index (χ3v) is 4.37. The van der Waals surface area contributed by atoms with Crippen molar-refractivity contribution in [1.29, 1.82) is 0 Å². The van der Waals surface area contributed by atoms with Gasteiger partial charge in [0.2, 0.25) is 5.95 Å². The van der Waals surface area contributed by atoms with Gasteiger partial charge in [0.05, 0.1) is 0 Å². The van der Waals surface area contributed by atoms with E-state index in [4.69, 9.17) is 9.47 Å². The highest BCUT2D eigenvalue weighted by Crippen LogP contribution is 2.38. The van der Waals surface area contributed by atoms with Crippen molar-refractivity contribution in [2.75, 3.05) is 25.1 Å². The Morgan fingerprint density at radius 3 is 2.90 bits per heavy atom. The Labute approximate surface area is 125 Å². The third-order valence-electron chi connectivity index (χ3n) is 3.56. The molecule has 0 fully saturated rings. The molecule has 0 spiro atoms. The topological polar surface area (TPSA) is 48.3 Å². The third kappa shape index (κ3) is 1.86. The van der Waals surface area contributed by atoms with Gasteiger partial charge in [-0.25, -0.2) is 4.98 Å². The predicted octanol–water partition coefficient (Wildman–Crippen LogP) is 2.90. The molecule has 0 radical (unpaired) electrons. The fraction of sp³-hybridized carbons (Fsp3) is 0.357. The van der Waals surface area contributed by atoms with E-state index in [-0.39, 0.29) is 0 Å². The van der Waals surface area contributed by atoms with Crippen molar-refractivity contribution in [2.24, 2.45) is 0 Å². The van der Waals surface area contributed by atoms with Crippen molar-refractivity contribution in [2.45, 2.75) is 13.0 Å². The number of benzene rings is 1. The minimum atomic E-state index is 0.596. The zero-order chi connectivity index (χ0) is 13.5. The second-order valence-electron chi connectivity index (χ2n) is 4.87. The van der Waals surface area contributed by atoms with Crippen molar-refractivity contribution >= 4 is 21.9 Å². The van der Waals surface area contributed by atoms with Crippen molar-refractivity contribution in [1.82, 2.24) is 9.55 Å². The van der Waals surface area contributed by atoms with Crippen LogP contribution in [0.2, 0.25) is 0 Å². The summed E-state index contributed by atoms with van der Waals surface area (Å²) in [6.45, 7) is 3.17. The smallest absolute Gasteiger partial charge is 0.204 e. The molecule has 0 unspecified atom stereocenters. The van der Waals surface area contributed by atoms with E-state index in [1.807, 2.05) is 18.2 Å². The monoisotopic (exact) mass is 335 g/mol. The number of ether oxygens (including phenoxy) is 2. The minimum Gasteiger partial charge on any atom is -0.486 e. The van der Waals surface area contributed by atoms with Gasteiger partial charge in [-0.2, -0.15) is 0 Å². The average molecular weight is 336 g/mol. The maximum atomic E-state index is 5.64. The fourth-order valence-electron chi connectivity index (χ4n) is 2.58. The number of aromatic nitrogens is 2. The Morgan fingerprint density at radius 1 is 1.20 bits per heavy atom. The van der Waals surface area contributed by atoms with Crippen LogP contribution in [0, 0.1) is 0 Å². The molecule has 20 heavy (non-hydrogen) atoms. The highest BCUT2D eigenvalue weighted by molar-refractivity contribution is 9.10. The highest BCUT2D eigenvalue weighted by atomic mass is 79.9. The molecule has 0 saturated heterocycles. The molecule has 0 atom stereocenters. The molecule has 3 heterocycles. The van der Waals surface area contributed by atoms with E-state index in [2.05, 4.69) is 30.8 Å². The SMILES string of the molecule is Brc1c(-c2ccc3c(c2)OCCO3)nc2n1CCCN2. The molecule has 104 valence electrons. The summed E-state index contributed by atoms with van der Waals surface area (Å²) < 4.78 is 14.4. The summed E-state index contributed by atoms with van der Waals surface area (Å²) in [5.74, 6) is 2.52. The van der Waals surface area contributed by atoms with Crippen LogP contribution in [0.25, 0.3) is 11.3 Å². The molecule has 5 nitrogen and oxygen atoms in total. The van der Waals surface area contributed by atoms with Crippen LogP contribution in [-0.2, 0) is 6.54 Å². The van der Waals surface area contributed by atoms with Gasteiger partial charge in [0.15, 0.2) is 11.5 Å². The number of nitrogens with one attached hydrogen (secondary N) is 1. The first kappa shape index (κ1) is 12.1. The van der Waals surface area contributed by atoms with Crippen LogP contribution in [0.3, 0.4) is 0 Å². The molecule has 0 aliphatic carbocycles. The summed E-state index contributed by atoms with van der Waals surface area (Å²) in [7, 11) is 0. The van der Waals surface area contributed by atoms with E-state index < -0.39 is 0 Å². The fourth-order valence-corrected chi connectivity index (χ4v) is 3.25. The molecule has 1 aromatic carbocycles. The molecule has 2 aromatic rings. The van der Waals surface area contributed by atoms with E-state index >= 15 is 0 Å².